The Morgan fingerprint density at radius 1 is 1.29 bits per heavy atom. The molecular formula is C11H22N2O. The highest BCUT2D eigenvalue weighted by Gasteiger charge is 2.24. The molecule has 2 heterocycles. The van der Waals surface area contributed by atoms with Crippen LogP contribution in [0.25, 0.3) is 0 Å². The van der Waals surface area contributed by atoms with Crippen LogP contribution in [0.1, 0.15) is 26.2 Å². The topological polar surface area (TPSA) is 24.5 Å². The van der Waals surface area contributed by atoms with Gasteiger partial charge in [0.2, 0.25) is 0 Å². The van der Waals surface area contributed by atoms with Crippen molar-refractivity contribution in [3.8, 4) is 0 Å². The lowest BCUT2D eigenvalue weighted by Gasteiger charge is -2.36. The molecular weight excluding hydrogens is 176 g/mol. The molecule has 0 saturated carbocycles. The van der Waals surface area contributed by atoms with Gasteiger partial charge in [0.05, 0.1) is 6.61 Å². The first-order valence-corrected chi connectivity index (χ1v) is 5.91. The fraction of sp³-hybridized carbons (Fsp3) is 1.00. The molecule has 0 bridgehead atoms. The number of nitrogens with one attached hydrogen (secondary N) is 1. The van der Waals surface area contributed by atoms with Gasteiger partial charge in [-0.3, -0.25) is 4.90 Å². The highest BCUT2D eigenvalue weighted by molar-refractivity contribution is 4.82. The second kappa shape index (κ2) is 5.10. The number of ether oxygens (including phenoxy) is 1. The summed E-state index contributed by atoms with van der Waals surface area (Å²) >= 11 is 0. The number of rotatable bonds is 1. The van der Waals surface area contributed by atoms with Gasteiger partial charge in [0.1, 0.15) is 0 Å². The maximum Gasteiger partial charge on any atom is 0.0593 e. The van der Waals surface area contributed by atoms with Gasteiger partial charge in [0, 0.05) is 31.8 Å². The predicted molar refractivity (Wildman–Crippen MR) is 57.5 cm³/mol. The first-order chi connectivity index (χ1) is 6.86. The van der Waals surface area contributed by atoms with Gasteiger partial charge in [-0.1, -0.05) is 0 Å². The molecule has 0 amide bonds. The van der Waals surface area contributed by atoms with Crippen LogP contribution < -0.4 is 5.32 Å². The van der Waals surface area contributed by atoms with Crippen molar-refractivity contribution < 1.29 is 4.74 Å². The SMILES string of the molecule is CC1CC(N2CCCOCC2)CCN1. The third kappa shape index (κ3) is 2.69. The molecule has 3 nitrogen and oxygen atoms in total. The number of nitrogens with zero attached hydrogens (tertiary/aromatic N) is 1. The van der Waals surface area contributed by atoms with Crippen LogP contribution in [0.4, 0.5) is 0 Å². The molecule has 0 spiro atoms. The molecule has 14 heavy (non-hydrogen) atoms. The van der Waals surface area contributed by atoms with E-state index in [4.69, 9.17) is 4.74 Å². The van der Waals surface area contributed by atoms with Crippen LogP contribution in [0.5, 0.6) is 0 Å². The summed E-state index contributed by atoms with van der Waals surface area (Å²) in [6.07, 6.45) is 3.82. The standard InChI is InChI=1S/C11H22N2O/c1-10-9-11(3-4-12-10)13-5-2-7-14-8-6-13/h10-12H,2-9H2,1H3. The molecule has 0 aromatic rings. The van der Waals surface area contributed by atoms with E-state index in [2.05, 4.69) is 17.1 Å². The Labute approximate surface area is 86.8 Å². The molecule has 0 aromatic carbocycles. The minimum absolute atomic E-state index is 0.693. The smallest absolute Gasteiger partial charge is 0.0593 e. The van der Waals surface area contributed by atoms with Gasteiger partial charge in [0.15, 0.2) is 0 Å². The van der Waals surface area contributed by atoms with Gasteiger partial charge in [-0.25, -0.2) is 0 Å². The number of piperidine rings is 1. The Morgan fingerprint density at radius 2 is 2.21 bits per heavy atom. The van der Waals surface area contributed by atoms with Crippen LogP contribution in [0.15, 0.2) is 0 Å². The largest absolute Gasteiger partial charge is 0.380 e. The Hall–Kier alpha value is -0.120. The fourth-order valence-corrected chi connectivity index (χ4v) is 2.57. The van der Waals surface area contributed by atoms with Crippen LogP contribution >= 0.6 is 0 Å². The van der Waals surface area contributed by atoms with Crippen molar-refractivity contribution in [2.75, 3.05) is 32.8 Å². The van der Waals surface area contributed by atoms with E-state index in [0.29, 0.717) is 6.04 Å². The van der Waals surface area contributed by atoms with Crippen molar-refractivity contribution in [2.24, 2.45) is 0 Å². The van der Waals surface area contributed by atoms with Gasteiger partial charge >= 0.3 is 0 Å². The van der Waals surface area contributed by atoms with E-state index in [1.807, 2.05) is 0 Å². The summed E-state index contributed by atoms with van der Waals surface area (Å²) in [4.78, 5) is 2.63. The zero-order valence-electron chi connectivity index (χ0n) is 9.17. The molecule has 2 saturated heterocycles. The van der Waals surface area contributed by atoms with Gasteiger partial charge in [-0.15, -0.1) is 0 Å². The van der Waals surface area contributed by atoms with Crippen LogP contribution in [-0.2, 0) is 4.74 Å². The molecule has 2 atom stereocenters. The lowest BCUT2D eigenvalue weighted by atomic mass is 9.99. The van der Waals surface area contributed by atoms with Crippen molar-refractivity contribution >= 4 is 0 Å². The molecule has 82 valence electrons. The summed E-state index contributed by atoms with van der Waals surface area (Å²) in [7, 11) is 0. The minimum Gasteiger partial charge on any atom is -0.380 e. The monoisotopic (exact) mass is 198 g/mol. The van der Waals surface area contributed by atoms with Crippen LogP contribution in [0.2, 0.25) is 0 Å². The van der Waals surface area contributed by atoms with Gasteiger partial charge in [0.25, 0.3) is 0 Å². The molecule has 2 rings (SSSR count). The first-order valence-electron chi connectivity index (χ1n) is 5.91. The fourth-order valence-electron chi connectivity index (χ4n) is 2.57. The molecule has 2 fully saturated rings. The summed E-state index contributed by atoms with van der Waals surface area (Å²) in [6, 6.07) is 1.49. The highest BCUT2D eigenvalue weighted by Crippen LogP contribution is 2.16. The molecule has 2 aliphatic rings. The Bertz CT molecular complexity index is 167. The summed E-state index contributed by atoms with van der Waals surface area (Å²) in [5.41, 5.74) is 0. The third-order valence-corrected chi connectivity index (χ3v) is 3.37. The number of hydrogen-bond donors (Lipinski definition) is 1. The summed E-state index contributed by atoms with van der Waals surface area (Å²) in [6.45, 7) is 7.73. The van der Waals surface area contributed by atoms with Crippen LogP contribution in [0.3, 0.4) is 0 Å². The van der Waals surface area contributed by atoms with Gasteiger partial charge in [-0.05, 0) is 32.7 Å². The van der Waals surface area contributed by atoms with E-state index in [0.717, 1.165) is 25.8 Å². The summed E-state index contributed by atoms with van der Waals surface area (Å²) in [5, 5.41) is 3.51. The molecule has 2 aliphatic heterocycles. The predicted octanol–water partition coefficient (Wildman–Crippen LogP) is 0.849. The van der Waals surface area contributed by atoms with Crippen molar-refractivity contribution in [3.05, 3.63) is 0 Å². The summed E-state index contributed by atoms with van der Waals surface area (Å²) in [5.74, 6) is 0. The highest BCUT2D eigenvalue weighted by atomic mass is 16.5. The van der Waals surface area contributed by atoms with Crippen LogP contribution in [0, 0.1) is 0 Å². The lowest BCUT2D eigenvalue weighted by molar-refractivity contribution is 0.117. The molecule has 3 heteroatoms. The number of hydrogen-bond acceptors (Lipinski definition) is 3. The molecule has 1 N–H and O–H groups in total. The Balaban J connectivity index is 1.85. The molecule has 0 aromatic heterocycles. The average molecular weight is 198 g/mol. The van der Waals surface area contributed by atoms with Crippen LogP contribution in [-0.4, -0.2) is 49.8 Å². The first kappa shape index (κ1) is 10.4. The van der Waals surface area contributed by atoms with E-state index in [9.17, 15) is 0 Å². The molecule has 0 radical (unpaired) electrons. The van der Waals surface area contributed by atoms with Crippen molar-refractivity contribution in [3.63, 3.8) is 0 Å². The quantitative estimate of drug-likeness (QED) is 0.676. The normalized spacial score (nSPS) is 36.6. The molecule has 0 aliphatic carbocycles. The van der Waals surface area contributed by atoms with Crippen molar-refractivity contribution in [1.29, 1.82) is 0 Å². The van der Waals surface area contributed by atoms with E-state index >= 15 is 0 Å². The minimum atomic E-state index is 0.693. The van der Waals surface area contributed by atoms with E-state index in [-0.39, 0.29) is 0 Å². The second-order valence-electron chi connectivity index (χ2n) is 4.54. The van der Waals surface area contributed by atoms with E-state index in [1.54, 1.807) is 0 Å². The van der Waals surface area contributed by atoms with Gasteiger partial charge in [-0.2, -0.15) is 0 Å². The van der Waals surface area contributed by atoms with Crippen molar-refractivity contribution in [1.82, 2.24) is 10.2 Å². The lowest BCUT2D eigenvalue weighted by Crippen LogP contribution is -2.47. The maximum absolute atomic E-state index is 5.49. The van der Waals surface area contributed by atoms with E-state index < -0.39 is 0 Å². The Morgan fingerprint density at radius 3 is 3.07 bits per heavy atom. The Kier molecular flexibility index (Phi) is 3.79. The average Bonchev–Trinajstić information content (AvgIpc) is 2.45. The third-order valence-electron chi connectivity index (χ3n) is 3.37. The van der Waals surface area contributed by atoms with Gasteiger partial charge < -0.3 is 10.1 Å². The maximum atomic E-state index is 5.49. The van der Waals surface area contributed by atoms with Crippen molar-refractivity contribution in [2.45, 2.75) is 38.3 Å². The van der Waals surface area contributed by atoms with E-state index in [1.165, 1.54) is 32.4 Å². The zero-order valence-corrected chi connectivity index (χ0v) is 9.17. The molecule has 2 unspecified atom stereocenters. The summed E-state index contributed by atoms with van der Waals surface area (Å²) < 4.78 is 5.49. The zero-order chi connectivity index (χ0) is 9.80. The second-order valence-corrected chi connectivity index (χ2v) is 4.54.